The van der Waals surface area contributed by atoms with Crippen molar-refractivity contribution in [3.05, 3.63) is 0 Å². The normalized spacial score (nSPS) is 25.9. The first-order chi connectivity index (χ1) is 8.12. The number of nitrogens with two attached hydrogens (primary N) is 1. The summed E-state index contributed by atoms with van der Waals surface area (Å²) in [4.78, 5) is 16.1. The van der Waals surface area contributed by atoms with Gasteiger partial charge in [-0.1, -0.05) is 0 Å². The van der Waals surface area contributed by atoms with E-state index in [1.807, 2.05) is 18.7 Å². The summed E-state index contributed by atoms with van der Waals surface area (Å²) in [5.41, 5.74) is 5.61. The number of hydrogen-bond acceptors (Lipinski definition) is 4. The summed E-state index contributed by atoms with van der Waals surface area (Å²) in [5.74, 6) is 0.194. The summed E-state index contributed by atoms with van der Waals surface area (Å²) in [6.07, 6.45) is 0.0655. The zero-order valence-electron chi connectivity index (χ0n) is 11.2. The molecule has 1 rings (SSSR count). The molecule has 1 aliphatic heterocycles. The van der Waals surface area contributed by atoms with Crippen molar-refractivity contribution in [1.82, 2.24) is 9.80 Å². The van der Waals surface area contributed by atoms with E-state index in [0.717, 1.165) is 19.6 Å². The standard InChI is InChI=1S/C12H25N3O2/c1-4-14(5-2)12(16)8-15-7-11(6-13)17-9-10(15)3/h10-11H,4-9,13H2,1-3H3. The SMILES string of the molecule is CCN(CC)C(=O)CN1CC(CN)OCC1C. The van der Waals surface area contributed by atoms with Gasteiger partial charge in [-0.2, -0.15) is 0 Å². The molecule has 1 aliphatic rings. The van der Waals surface area contributed by atoms with Crippen LogP contribution in [0, 0.1) is 0 Å². The lowest BCUT2D eigenvalue weighted by molar-refractivity contribution is -0.135. The lowest BCUT2D eigenvalue weighted by Crippen LogP contribution is -2.53. The highest BCUT2D eigenvalue weighted by molar-refractivity contribution is 5.78. The quantitative estimate of drug-likeness (QED) is 0.733. The van der Waals surface area contributed by atoms with E-state index in [1.54, 1.807) is 0 Å². The first-order valence-corrected chi connectivity index (χ1v) is 6.45. The molecule has 2 unspecified atom stereocenters. The number of carbonyl (C=O) groups is 1. The molecule has 0 aliphatic carbocycles. The molecular weight excluding hydrogens is 218 g/mol. The van der Waals surface area contributed by atoms with Crippen LogP contribution in [0.1, 0.15) is 20.8 Å². The summed E-state index contributed by atoms with van der Waals surface area (Å²) in [6.45, 7) is 10.0. The third-order valence-corrected chi connectivity index (χ3v) is 3.35. The lowest BCUT2D eigenvalue weighted by atomic mass is 10.2. The lowest BCUT2D eigenvalue weighted by Gasteiger charge is -2.38. The second-order valence-corrected chi connectivity index (χ2v) is 4.54. The van der Waals surface area contributed by atoms with Crippen molar-refractivity contribution in [2.45, 2.75) is 32.9 Å². The minimum atomic E-state index is 0.0655. The van der Waals surface area contributed by atoms with E-state index < -0.39 is 0 Å². The highest BCUT2D eigenvalue weighted by Gasteiger charge is 2.27. The van der Waals surface area contributed by atoms with Crippen molar-refractivity contribution in [2.75, 3.05) is 39.3 Å². The van der Waals surface area contributed by atoms with Gasteiger partial charge in [0.1, 0.15) is 0 Å². The Hall–Kier alpha value is -0.650. The van der Waals surface area contributed by atoms with Gasteiger partial charge in [-0.3, -0.25) is 9.69 Å². The molecule has 0 aromatic carbocycles. The van der Waals surface area contributed by atoms with Crippen LogP contribution in [0.15, 0.2) is 0 Å². The van der Waals surface area contributed by atoms with Gasteiger partial charge in [0.25, 0.3) is 0 Å². The maximum atomic E-state index is 12.0. The van der Waals surface area contributed by atoms with E-state index in [4.69, 9.17) is 10.5 Å². The largest absolute Gasteiger partial charge is 0.374 e. The topological polar surface area (TPSA) is 58.8 Å². The van der Waals surface area contributed by atoms with Gasteiger partial charge in [0, 0.05) is 32.2 Å². The van der Waals surface area contributed by atoms with Gasteiger partial charge < -0.3 is 15.4 Å². The van der Waals surface area contributed by atoms with E-state index in [-0.39, 0.29) is 18.1 Å². The second-order valence-electron chi connectivity index (χ2n) is 4.54. The van der Waals surface area contributed by atoms with Crippen LogP contribution in [-0.2, 0) is 9.53 Å². The van der Waals surface area contributed by atoms with Crippen LogP contribution in [0.5, 0.6) is 0 Å². The smallest absolute Gasteiger partial charge is 0.236 e. The minimum Gasteiger partial charge on any atom is -0.374 e. The minimum absolute atomic E-state index is 0.0655. The van der Waals surface area contributed by atoms with Crippen molar-refractivity contribution >= 4 is 5.91 Å². The number of rotatable bonds is 5. The zero-order chi connectivity index (χ0) is 12.8. The Morgan fingerprint density at radius 3 is 2.65 bits per heavy atom. The third kappa shape index (κ3) is 3.94. The van der Waals surface area contributed by atoms with Crippen LogP contribution in [0.4, 0.5) is 0 Å². The number of hydrogen-bond donors (Lipinski definition) is 1. The molecule has 0 radical (unpaired) electrons. The first kappa shape index (κ1) is 14.4. The average Bonchev–Trinajstić information content (AvgIpc) is 2.33. The Labute approximate surface area is 104 Å². The Morgan fingerprint density at radius 1 is 1.47 bits per heavy atom. The van der Waals surface area contributed by atoms with Gasteiger partial charge in [-0.05, 0) is 20.8 Å². The first-order valence-electron chi connectivity index (χ1n) is 6.45. The predicted molar refractivity (Wildman–Crippen MR) is 67.8 cm³/mol. The van der Waals surface area contributed by atoms with E-state index >= 15 is 0 Å². The highest BCUT2D eigenvalue weighted by Crippen LogP contribution is 2.11. The number of amides is 1. The molecular formula is C12H25N3O2. The van der Waals surface area contributed by atoms with Crippen molar-refractivity contribution in [2.24, 2.45) is 5.73 Å². The van der Waals surface area contributed by atoms with Crippen LogP contribution in [0.2, 0.25) is 0 Å². The molecule has 0 aromatic heterocycles. The van der Waals surface area contributed by atoms with Crippen LogP contribution in [0.25, 0.3) is 0 Å². The van der Waals surface area contributed by atoms with Crippen LogP contribution in [-0.4, -0.2) is 67.2 Å². The number of likely N-dealkylation sites (N-methyl/N-ethyl adjacent to an activating group) is 1. The number of nitrogens with zero attached hydrogens (tertiary/aromatic N) is 2. The van der Waals surface area contributed by atoms with Crippen molar-refractivity contribution in [3.63, 3.8) is 0 Å². The Bertz CT molecular complexity index is 244. The van der Waals surface area contributed by atoms with Crippen LogP contribution >= 0.6 is 0 Å². The van der Waals surface area contributed by atoms with Gasteiger partial charge in [0.15, 0.2) is 0 Å². The van der Waals surface area contributed by atoms with Crippen LogP contribution in [0.3, 0.4) is 0 Å². The van der Waals surface area contributed by atoms with E-state index in [2.05, 4.69) is 11.8 Å². The second kappa shape index (κ2) is 6.93. The fourth-order valence-electron chi connectivity index (χ4n) is 2.09. The molecule has 1 amide bonds. The summed E-state index contributed by atoms with van der Waals surface area (Å²) < 4.78 is 5.57. The molecule has 0 spiro atoms. The Balaban J connectivity index is 2.50. The van der Waals surface area contributed by atoms with E-state index in [0.29, 0.717) is 19.7 Å². The summed E-state index contributed by atoms with van der Waals surface area (Å²) in [5, 5.41) is 0. The van der Waals surface area contributed by atoms with E-state index in [9.17, 15) is 4.79 Å². The van der Waals surface area contributed by atoms with Gasteiger partial charge in [-0.15, -0.1) is 0 Å². The van der Waals surface area contributed by atoms with Gasteiger partial charge in [0.2, 0.25) is 5.91 Å². The van der Waals surface area contributed by atoms with Crippen molar-refractivity contribution < 1.29 is 9.53 Å². The monoisotopic (exact) mass is 243 g/mol. The molecule has 17 heavy (non-hydrogen) atoms. The third-order valence-electron chi connectivity index (χ3n) is 3.35. The molecule has 5 nitrogen and oxygen atoms in total. The molecule has 100 valence electrons. The molecule has 2 atom stereocenters. The zero-order valence-corrected chi connectivity index (χ0v) is 11.2. The fourth-order valence-corrected chi connectivity index (χ4v) is 2.09. The van der Waals surface area contributed by atoms with Gasteiger partial charge in [0.05, 0.1) is 19.3 Å². The number of carbonyl (C=O) groups excluding carboxylic acids is 1. The Kier molecular flexibility index (Phi) is 5.88. The van der Waals surface area contributed by atoms with E-state index in [1.165, 1.54) is 0 Å². The van der Waals surface area contributed by atoms with Crippen molar-refractivity contribution in [3.8, 4) is 0 Å². The molecule has 1 saturated heterocycles. The molecule has 2 N–H and O–H groups in total. The molecule has 0 bridgehead atoms. The van der Waals surface area contributed by atoms with Crippen molar-refractivity contribution in [1.29, 1.82) is 0 Å². The maximum Gasteiger partial charge on any atom is 0.236 e. The van der Waals surface area contributed by atoms with Gasteiger partial charge >= 0.3 is 0 Å². The Morgan fingerprint density at radius 2 is 2.12 bits per heavy atom. The summed E-state index contributed by atoms with van der Waals surface area (Å²) >= 11 is 0. The fraction of sp³-hybridized carbons (Fsp3) is 0.917. The number of ether oxygens (including phenoxy) is 1. The average molecular weight is 243 g/mol. The summed E-state index contributed by atoms with van der Waals surface area (Å²) in [7, 11) is 0. The molecule has 1 heterocycles. The highest BCUT2D eigenvalue weighted by atomic mass is 16.5. The molecule has 0 aromatic rings. The maximum absolute atomic E-state index is 12.0. The number of morpholine rings is 1. The predicted octanol–water partition coefficient (Wildman–Crippen LogP) is -0.0972. The van der Waals surface area contributed by atoms with Gasteiger partial charge in [-0.25, -0.2) is 0 Å². The molecule has 1 fully saturated rings. The molecule has 5 heteroatoms. The molecule has 0 saturated carbocycles. The summed E-state index contributed by atoms with van der Waals surface area (Å²) in [6, 6.07) is 0.289. The van der Waals surface area contributed by atoms with Crippen LogP contribution < -0.4 is 5.73 Å².